The smallest absolute Gasteiger partial charge is 0.359 e. The van der Waals surface area contributed by atoms with Crippen LogP contribution in [-0.2, 0) is 48.7 Å². The van der Waals surface area contributed by atoms with Crippen molar-refractivity contribution in [1.82, 2.24) is 19.5 Å². The number of ether oxygens (including phenoxy) is 4. The largest absolute Gasteiger partial charge is 0.437 e. The number of esters is 1. The van der Waals surface area contributed by atoms with E-state index in [0.717, 1.165) is 0 Å². The van der Waals surface area contributed by atoms with E-state index in [4.69, 9.17) is 33.7 Å². The molecule has 2 N–H and O–H groups in total. The number of fused-ring (bicyclic) bond motifs is 1. The van der Waals surface area contributed by atoms with Gasteiger partial charge in [-0.15, -0.1) is 0 Å². The third kappa shape index (κ3) is 9.00. The lowest BCUT2D eigenvalue weighted by molar-refractivity contribution is -0.174. The van der Waals surface area contributed by atoms with Crippen LogP contribution in [0.25, 0.3) is 11.2 Å². The minimum absolute atomic E-state index is 0.00646. The normalized spacial score (nSPS) is 25.6. The van der Waals surface area contributed by atoms with E-state index in [9.17, 15) is 14.2 Å². The maximum absolute atomic E-state index is 13.5. The van der Waals surface area contributed by atoms with Crippen LogP contribution in [0.2, 0.25) is 0 Å². The lowest BCUT2D eigenvalue weighted by Crippen LogP contribution is -2.46. The number of nitrogen functional groups attached to an aromatic ring is 1. The van der Waals surface area contributed by atoms with Crippen LogP contribution in [0.15, 0.2) is 12.7 Å². The summed E-state index contributed by atoms with van der Waals surface area (Å²) in [6.07, 6.45) is 2.99. The number of nitrogens with two attached hydrogens (primary N) is 1. The fourth-order valence-corrected chi connectivity index (χ4v) is 5.87. The molecule has 1 aliphatic heterocycles. The SMILES string of the molecule is COCCOCC1(C)C(=O)OCOP(=O)(CO[C@H](C)Cn2cnc3c(N)ncnc32)OCCCC(=O)C1CC(C)C. The first-order valence-electron chi connectivity index (χ1n) is 13.7. The van der Waals surface area contributed by atoms with Crippen LogP contribution in [0.5, 0.6) is 0 Å². The molecule has 0 saturated carbocycles. The summed E-state index contributed by atoms with van der Waals surface area (Å²) in [6.45, 7) is 7.69. The molecule has 15 heteroatoms. The molecule has 2 aromatic rings. The van der Waals surface area contributed by atoms with E-state index in [1.54, 1.807) is 31.9 Å². The number of carbonyl (C=O) groups is 2. The highest BCUT2D eigenvalue weighted by molar-refractivity contribution is 7.53. The predicted molar refractivity (Wildman–Crippen MR) is 149 cm³/mol. The van der Waals surface area contributed by atoms with Crippen LogP contribution < -0.4 is 5.73 Å². The molecule has 2 aromatic heterocycles. The number of hydrogen-bond donors (Lipinski definition) is 1. The van der Waals surface area contributed by atoms with E-state index in [1.165, 1.54) is 6.33 Å². The average molecular weight is 600 g/mol. The summed E-state index contributed by atoms with van der Waals surface area (Å²) in [7, 11) is -2.30. The van der Waals surface area contributed by atoms with Gasteiger partial charge in [-0.25, -0.2) is 15.0 Å². The van der Waals surface area contributed by atoms with Gasteiger partial charge < -0.3 is 33.8 Å². The molecule has 0 aliphatic carbocycles. The minimum atomic E-state index is -3.85. The van der Waals surface area contributed by atoms with Gasteiger partial charge in [0.15, 0.2) is 11.5 Å². The second kappa shape index (κ2) is 15.1. The van der Waals surface area contributed by atoms with Crippen LogP contribution in [0, 0.1) is 17.3 Å². The maximum Gasteiger partial charge on any atom is 0.359 e. The summed E-state index contributed by atoms with van der Waals surface area (Å²) >= 11 is 0. The highest BCUT2D eigenvalue weighted by Gasteiger charge is 2.47. The Kier molecular flexibility index (Phi) is 12.2. The van der Waals surface area contributed by atoms with E-state index >= 15 is 0 Å². The Balaban J connectivity index is 1.68. The maximum atomic E-state index is 13.5. The van der Waals surface area contributed by atoms with Gasteiger partial charge in [0, 0.05) is 19.4 Å². The number of Topliss-reactive ketones (excluding diaryl/α,β-unsaturated/α-hetero) is 1. The Morgan fingerprint density at radius 3 is 2.71 bits per heavy atom. The third-order valence-electron chi connectivity index (χ3n) is 6.86. The summed E-state index contributed by atoms with van der Waals surface area (Å²) in [5, 5.41) is 0. The molecule has 230 valence electrons. The second-order valence-corrected chi connectivity index (χ2v) is 12.8. The van der Waals surface area contributed by atoms with Gasteiger partial charge in [0.25, 0.3) is 0 Å². The number of nitrogens with zero attached hydrogens (tertiary/aromatic N) is 4. The minimum Gasteiger partial charge on any atom is -0.437 e. The van der Waals surface area contributed by atoms with Crippen molar-refractivity contribution < 1.29 is 42.1 Å². The zero-order valence-electron chi connectivity index (χ0n) is 24.4. The van der Waals surface area contributed by atoms with Crippen LogP contribution in [0.4, 0.5) is 5.82 Å². The van der Waals surface area contributed by atoms with Crippen molar-refractivity contribution >= 4 is 36.3 Å². The Bertz CT molecular complexity index is 1210. The van der Waals surface area contributed by atoms with Crippen LogP contribution in [-0.4, -0.2) is 84.1 Å². The van der Waals surface area contributed by atoms with Gasteiger partial charge >= 0.3 is 13.6 Å². The van der Waals surface area contributed by atoms with Crippen LogP contribution >= 0.6 is 7.60 Å². The highest BCUT2D eigenvalue weighted by atomic mass is 31.2. The first-order chi connectivity index (χ1) is 19.5. The molecule has 0 spiro atoms. The van der Waals surface area contributed by atoms with E-state index in [0.29, 0.717) is 37.2 Å². The van der Waals surface area contributed by atoms with Crippen molar-refractivity contribution in [2.75, 3.05) is 52.4 Å². The molecule has 41 heavy (non-hydrogen) atoms. The standard InChI is InChI=1S/C26H42N5O9P/c1-18(2)11-20-21(32)7-6-8-39-41(34,40-16-37-25(33)26(20,4)13-36-10-9-35-5)17-38-19(3)12-31-15-30-22-23(27)28-14-29-24(22)31/h14-15,18-20H,6-13,16-17H2,1-5H3,(H2,27,28,29)/t19-,20?,26?,41?/m1/s1. The molecule has 0 bridgehead atoms. The summed E-state index contributed by atoms with van der Waals surface area (Å²) in [4.78, 5) is 39.1. The average Bonchev–Trinajstić information content (AvgIpc) is 3.34. The number of methoxy groups -OCH3 is 1. The van der Waals surface area contributed by atoms with Gasteiger partial charge in [-0.1, -0.05) is 13.8 Å². The summed E-state index contributed by atoms with van der Waals surface area (Å²) in [6, 6.07) is 0. The number of anilines is 1. The lowest BCUT2D eigenvalue weighted by atomic mass is 9.70. The van der Waals surface area contributed by atoms with Gasteiger partial charge in [0.2, 0.25) is 6.79 Å². The van der Waals surface area contributed by atoms with Gasteiger partial charge in [-0.3, -0.25) is 18.7 Å². The van der Waals surface area contributed by atoms with Crippen molar-refractivity contribution in [2.24, 2.45) is 17.3 Å². The molecule has 14 nitrogen and oxygen atoms in total. The zero-order chi connectivity index (χ0) is 30.0. The van der Waals surface area contributed by atoms with E-state index in [2.05, 4.69) is 15.0 Å². The molecule has 1 saturated heterocycles. The zero-order valence-corrected chi connectivity index (χ0v) is 25.3. The highest BCUT2D eigenvalue weighted by Crippen LogP contribution is 2.49. The number of rotatable bonds is 12. The topological polar surface area (TPSA) is 176 Å². The second-order valence-electron chi connectivity index (χ2n) is 10.8. The Morgan fingerprint density at radius 1 is 1.20 bits per heavy atom. The van der Waals surface area contributed by atoms with Crippen molar-refractivity contribution in [3.8, 4) is 0 Å². The fraction of sp³-hybridized carbons (Fsp3) is 0.731. The molecule has 1 aliphatic rings. The molecule has 1 fully saturated rings. The molecule has 0 amide bonds. The Hall–Kier alpha value is -2.48. The number of imidazole rings is 1. The number of hydrogen-bond acceptors (Lipinski definition) is 13. The number of carbonyl (C=O) groups excluding carboxylic acids is 2. The van der Waals surface area contributed by atoms with Crippen LogP contribution in [0.3, 0.4) is 0 Å². The van der Waals surface area contributed by atoms with E-state index in [-0.39, 0.29) is 43.8 Å². The summed E-state index contributed by atoms with van der Waals surface area (Å²) < 4.78 is 48.3. The summed E-state index contributed by atoms with van der Waals surface area (Å²) in [5.74, 6) is -0.991. The first-order valence-corrected chi connectivity index (χ1v) is 15.4. The van der Waals surface area contributed by atoms with Crippen molar-refractivity contribution in [1.29, 1.82) is 0 Å². The molecule has 3 unspecified atom stereocenters. The lowest BCUT2D eigenvalue weighted by Gasteiger charge is -2.36. The molecular weight excluding hydrogens is 557 g/mol. The fourth-order valence-electron chi connectivity index (χ4n) is 4.59. The number of aromatic nitrogens is 4. The molecule has 0 radical (unpaired) electrons. The van der Waals surface area contributed by atoms with Crippen molar-refractivity contribution in [3.05, 3.63) is 12.7 Å². The quantitative estimate of drug-likeness (QED) is 0.214. The predicted octanol–water partition coefficient (Wildman–Crippen LogP) is 3.19. The van der Waals surface area contributed by atoms with Gasteiger partial charge in [-0.05, 0) is 32.6 Å². The third-order valence-corrected chi connectivity index (χ3v) is 8.40. The van der Waals surface area contributed by atoms with Gasteiger partial charge in [-0.2, -0.15) is 0 Å². The molecule has 3 heterocycles. The van der Waals surface area contributed by atoms with Crippen molar-refractivity contribution in [2.45, 2.75) is 59.6 Å². The van der Waals surface area contributed by atoms with Crippen LogP contribution in [0.1, 0.15) is 47.0 Å². The van der Waals surface area contributed by atoms with Gasteiger partial charge in [0.1, 0.15) is 24.0 Å². The van der Waals surface area contributed by atoms with E-state index < -0.39 is 44.1 Å². The van der Waals surface area contributed by atoms with Crippen molar-refractivity contribution in [3.63, 3.8) is 0 Å². The molecule has 0 aromatic carbocycles. The number of ketones is 1. The summed E-state index contributed by atoms with van der Waals surface area (Å²) in [5.41, 5.74) is 5.59. The molecule has 4 atom stereocenters. The Morgan fingerprint density at radius 2 is 1.98 bits per heavy atom. The molecule has 3 rings (SSSR count). The Labute approximate surface area is 240 Å². The first kappa shape index (κ1) is 33.0. The monoisotopic (exact) mass is 599 g/mol. The molecular formula is C26H42N5O9P. The van der Waals surface area contributed by atoms with Gasteiger partial charge in [0.05, 0.1) is 50.8 Å². The number of cyclic esters (lactones) is 1. The van der Waals surface area contributed by atoms with E-state index in [1.807, 2.05) is 13.8 Å².